The molecule has 1 amide bonds. The summed E-state index contributed by atoms with van der Waals surface area (Å²) >= 11 is 4.89. The molecule has 0 aromatic carbocycles. The van der Waals surface area contributed by atoms with Crippen molar-refractivity contribution in [1.82, 2.24) is 4.90 Å². The lowest BCUT2D eigenvalue weighted by Crippen LogP contribution is -2.35. The normalized spacial score (nSPS) is 15.2. The van der Waals surface area contributed by atoms with Crippen molar-refractivity contribution >= 4 is 33.2 Å². The third-order valence-electron chi connectivity index (χ3n) is 2.66. The van der Waals surface area contributed by atoms with Gasteiger partial charge in [-0.1, -0.05) is 0 Å². The Balaban J connectivity index is 2.15. The van der Waals surface area contributed by atoms with Crippen LogP contribution in [-0.4, -0.2) is 35.1 Å². The lowest BCUT2D eigenvalue weighted by Gasteiger charge is -2.20. The van der Waals surface area contributed by atoms with Gasteiger partial charge in [-0.05, 0) is 47.3 Å². The molecule has 0 spiro atoms. The maximum Gasteiger partial charge on any atom is 0.264 e. The van der Waals surface area contributed by atoms with E-state index in [0.29, 0.717) is 12.6 Å². The second-order valence-electron chi connectivity index (χ2n) is 4.02. The highest BCUT2D eigenvalue weighted by Gasteiger charge is 2.33. The van der Waals surface area contributed by atoms with Crippen molar-refractivity contribution in [3.8, 4) is 0 Å². The first kappa shape index (κ1) is 12.1. The highest BCUT2D eigenvalue weighted by atomic mass is 79.9. The second-order valence-corrected chi connectivity index (χ2v) is 6.39. The van der Waals surface area contributed by atoms with Gasteiger partial charge in [-0.15, -0.1) is 11.3 Å². The summed E-state index contributed by atoms with van der Waals surface area (Å²) in [6, 6.07) is 2.25. The van der Waals surface area contributed by atoms with E-state index in [4.69, 9.17) is 5.11 Å². The molecule has 0 saturated heterocycles. The Bertz CT molecular complexity index is 381. The van der Waals surface area contributed by atoms with Gasteiger partial charge in [-0.3, -0.25) is 4.79 Å². The molecule has 1 heterocycles. The van der Waals surface area contributed by atoms with E-state index in [-0.39, 0.29) is 12.5 Å². The van der Waals surface area contributed by atoms with Gasteiger partial charge >= 0.3 is 0 Å². The first-order chi connectivity index (χ1) is 7.63. The average molecular weight is 304 g/mol. The van der Waals surface area contributed by atoms with Crippen LogP contribution in [0.15, 0.2) is 9.85 Å². The van der Waals surface area contributed by atoms with E-state index < -0.39 is 0 Å². The maximum absolute atomic E-state index is 12.2. The summed E-state index contributed by atoms with van der Waals surface area (Å²) in [6.07, 6.45) is 2.13. The molecule has 1 aromatic heterocycles. The number of nitrogens with zero attached hydrogens (tertiary/aromatic N) is 1. The van der Waals surface area contributed by atoms with Crippen LogP contribution in [0.4, 0.5) is 0 Å². The number of carbonyl (C=O) groups excluding carboxylic acids is 1. The smallest absolute Gasteiger partial charge is 0.264 e. The molecule has 1 saturated carbocycles. The van der Waals surface area contributed by atoms with Crippen molar-refractivity contribution in [2.75, 3.05) is 13.2 Å². The van der Waals surface area contributed by atoms with Crippen LogP contribution in [0.1, 0.15) is 28.1 Å². The van der Waals surface area contributed by atoms with Gasteiger partial charge in [0.2, 0.25) is 0 Å². The van der Waals surface area contributed by atoms with E-state index in [1.165, 1.54) is 11.3 Å². The standard InChI is InChI=1S/C11H14BrNO2S/c1-7-6-9(16-10(7)12)11(15)13(4-5-14)8-2-3-8/h6,8,14H,2-5H2,1H3. The molecule has 1 aliphatic rings. The van der Waals surface area contributed by atoms with Gasteiger partial charge in [-0.25, -0.2) is 0 Å². The Morgan fingerprint density at radius 2 is 2.38 bits per heavy atom. The second kappa shape index (κ2) is 4.85. The van der Waals surface area contributed by atoms with Crippen LogP contribution in [0.25, 0.3) is 0 Å². The molecule has 0 atom stereocenters. The van der Waals surface area contributed by atoms with E-state index in [1.54, 1.807) is 4.90 Å². The van der Waals surface area contributed by atoms with Crippen molar-refractivity contribution in [2.45, 2.75) is 25.8 Å². The van der Waals surface area contributed by atoms with Crippen LogP contribution in [0.3, 0.4) is 0 Å². The number of aliphatic hydroxyl groups is 1. The highest BCUT2D eigenvalue weighted by molar-refractivity contribution is 9.11. The molecule has 88 valence electrons. The molecular weight excluding hydrogens is 290 g/mol. The largest absolute Gasteiger partial charge is 0.395 e. The van der Waals surface area contributed by atoms with E-state index in [9.17, 15) is 4.79 Å². The fourth-order valence-corrected chi connectivity index (χ4v) is 3.14. The van der Waals surface area contributed by atoms with Gasteiger partial charge in [-0.2, -0.15) is 0 Å². The number of hydrogen-bond acceptors (Lipinski definition) is 3. The molecule has 1 aliphatic carbocycles. The fraction of sp³-hybridized carbons (Fsp3) is 0.545. The van der Waals surface area contributed by atoms with Gasteiger partial charge < -0.3 is 10.0 Å². The van der Waals surface area contributed by atoms with Crippen LogP contribution in [0.5, 0.6) is 0 Å². The number of halogens is 1. The number of aryl methyl sites for hydroxylation is 1. The Morgan fingerprint density at radius 3 is 2.81 bits per heavy atom. The Labute approximate surface area is 107 Å². The summed E-state index contributed by atoms with van der Waals surface area (Å²) in [5, 5.41) is 8.97. The molecule has 1 fully saturated rings. The minimum absolute atomic E-state index is 0.0355. The third-order valence-corrected chi connectivity index (χ3v) is 4.78. The van der Waals surface area contributed by atoms with Crippen molar-refractivity contribution in [3.05, 3.63) is 20.3 Å². The van der Waals surface area contributed by atoms with Gasteiger partial charge in [0, 0.05) is 12.6 Å². The minimum atomic E-state index is 0.0355. The van der Waals surface area contributed by atoms with Crippen molar-refractivity contribution in [2.24, 2.45) is 0 Å². The van der Waals surface area contributed by atoms with Crippen LogP contribution in [0.2, 0.25) is 0 Å². The SMILES string of the molecule is Cc1cc(C(=O)N(CCO)C2CC2)sc1Br. The predicted molar refractivity (Wildman–Crippen MR) is 67.9 cm³/mol. The van der Waals surface area contributed by atoms with E-state index in [2.05, 4.69) is 15.9 Å². The van der Waals surface area contributed by atoms with Gasteiger partial charge in [0.1, 0.15) is 0 Å². The van der Waals surface area contributed by atoms with E-state index >= 15 is 0 Å². The molecule has 1 N–H and O–H groups in total. The molecule has 16 heavy (non-hydrogen) atoms. The molecular formula is C11H14BrNO2S. The summed E-state index contributed by atoms with van der Waals surface area (Å²) in [5.74, 6) is 0.0513. The van der Waals surface area contributed by atoms with Crippen molar-refractivity contribution in [1.29, 1.82) is 0 Å². The first-order valence-corrected chi connectivity index (χ1v) is 6.92. The van der Waals surface area contributed by atoms with E-state index in [0.717, 1.165) is 27.1 Å². The minimum Gasteiger partial charge on any atom is -0.395 e. The van der Waals surface area contributed by atoms with Crippen LogP contribution < -0.4 is 0 Å². The quantitative estimate of drug-likeness (QED) is 0.928. The first-order valence-electron chi connectivity index (χ1n) is 5.31. The van der Waals surface area contributed by atoms with Crippen LogP contribution in [0, 0.1) is 6.92 Å². The van der Waals surface area contributed by atoms with Gasteiger partial charge in [0.15, 0.2) is 0 Å². The van der Waals surface area contributed by atoms with Crippen LogP contribution in [-0.2, 0) is 0 Å². The lowest BCUT2D eigenvalue weighted by atomic mass is 10.3. The summed E-state index contributed by atoms with van der Waals surface area (Å²) in [5.41, 5.74) is 1.09. The molecule has 0 aliphatic heterocycles. The number of rotatable bonds is 4. The molecule has 0 bridgehead atoms. The molecule has 3 nitrogen and oxygen atoms in total. The molecule has 1 aromatic rings. The average Bonchev–Trinajstić information content (AvgIpc) is 3.02. The summed E-state index contributed by atoms with van der Waals surface area (Å²) in [7, 11) is 0. The topological polar surface area (TPSA) is 40.5 Å². The molecule has 0 unspecified atom stereocenters. The number of aliphatic hydroxyl groups excluding tert-OH is 1. The fourth-order valence-electron chi connectivity index (χ4n) is 1.65. The molecule has 5 heteroatoms. The maximum atomic E-state index is 12.2. The Hall–Kier alpha value is -0.390. The zero-order valence-corrected chi connectivity index (χ0v) is 11.5. The summed E-state index contributed by atoms with van der Waals surface area (Å²) < 4.78 is 1.01. The third kappa shape index (κ3) is 2.47. The number of amides is 1. The number of hydrogen-bond donors (Lipinski definition) is 1. The number of thiophene rings is 1. The van der Waals surface area contributed by atoms with Gasteiger partial charge in [0.25, 0.3) is 5.91 Å². The lowest BCUT2D eigenvalue weighted by molar-refractivity contribution is 0.0712. The Kier molecular flexibility index (Phi) is 3.66. The van der Waals surface area contributed by atoms with Crippen LogP contribution >= 0.6 is 27.3 Å². The molecule has 2 rings (SSSR count). The Morgan fingerprint density at radius 1 is 1.69 bits per heavy atom. The zero-order valence-electron chi connectivity index (χ0n) is 9.07. The van der Waals surface area contributed by atoms with E-state index in [1.807, 2.05) is 13.0 Å². The number of carbonyl (C=O) groups is 1. The zero-order chi connectivity index (χ0) is 11.7. The van der Waals surface area contributed by atoms with Gasteiger partial charge in [0.05, 0.1) is 15.3 Å². The van der Waals surface area contributed by atoms with Crippen molar-refractivity contribution in [3.63, 3.8) is 0 Å². The molecule has 0 radical (unpaired) electrons. The summed E-state index contributed by atoms with van der Waals surface area (Å²) in [6.45, 7) is 2.46. The summed E-state index contributed by atoms with van der Waals surface area (Å²) in [4.78, 5) is 14.7. The monoisotopic (exact) mass is 303 g/mol. The highest BCUT2D eigenvalue weighted by Crippen LogP contribution is 2.32. The van der Waals surface area contributed by atoms with Crippen molar-refractivity contribution < 1.29 is 9.90 Å². The predicted octanol–water partition coefficient (Wildman–Crippen LogP) is 2.42.